The van der Waals surface area contributed by atoms with E-state index in [9.17, 15) is 0 Å². The molecule has 0 radical (unpaired) electrons. The smallest absolute Gasteiger partial charge is 0.149 e. The number of rotatable bonds is 22. The molecule has 29 heavy (non-hydrogen) atoms. The predicted molar refractivity (Wildman–Crippen MR) is 127 cm³/mol. The van der Waals surface area contributed by atoms with Gasteiger partial charge in [0.05, 0.1) is 12.2 Å². The minimum Gasteiger partial charge on any atom is -0.352 e. The Morgan fingerprint density at radius 3 is 1.41 bits per heavy atom. The van der Waals surface area contributed by atoms with Crippen LogP contribution in [-0.2, 0) is 14.2 Å². The van der Waals surface area contributed by atoms with Gasteiger partial charge in [-0.1, -0.05) is 63.8 Å². The monoisotopic (exact) mass is 450 g/mol. The molecule has 0 N–H and O–H groups in total. The van der Waals surface area contributed by atoms with Crippen molar-refractivity contribution < 1.29 is 14.2 Å². The largest absolute Gasteiger partial charge is 0.352 e. The molecule has 0 aromatic carbocycles. The molecule has 0 bridgehead atoms. The molecule has 0 fully saturated rings. The molecule has 2 atom stereocenters. The van der Waals surface area contributed by atoms with Crippen molar-refractivity contribution in [1.29, 1.82) is 0 Å². The van der Waals surface area contributed by atoms with Crippen molar-refractivity contribution in [1.82, 2.24) is 0 Å². The van der Waals surface area contributed by atoms with E-state index >= 15 is 0 Å². The molecule has 0 saturated heterocycles. The first-order chi connectivity index (χ1) is 14.3. The Bertz CT molecular complexity index is 341. The molecule has 0 aromatic rings. The molecule has 0 heterocycles. The van der Waals surface area contributed by atoms with Crippen LogP contribution in [0.2, 0.25) is 0 Å². The van der Waals surface area contributed by atoms with Crippen LogP contribution in [0.15, 0.2) is 24.3 Å². The molecular formula is C24H44Cl2O3. The van der Waals surface area contributed by atoms with Crippen LogP contribution in [0.5, 0.6) is 0 Å². The van der Waals surface area contributed by atoms with Gasteiger partial charge in [0, 0.05) is 11.8 Å². The fraction of sp³-hybridized carbons (Fsp3) is 0.833. The van der Waals surface area contributed by atoms with Crippen LogP contribution in [0, 0.1) is 0 Å². The van der Waals surface area contributed by atoms with E-state index in [0.717, 1.165) is 51.4 Å². The van der Waals surface area contributed by atoms with Crippen LogP contribution in [0.25, 0.3) is 0 Å². The summed E-state index contributed by atoms with van der Waals surface area (Å²) in [6.45, 7) is 5.03. The Kier molecular flexibility index (Phi) is 24.2. The number of hydrogen-bond acceptors (Lipinski definition) is 3. The van der Waals surface area contributed by atoms with E-state index in [1.807, 2.05) is 0 Å². The summed E-state index contributed by atoms with van der Waals surface area (Å²) < 4.78 is 17.5. The van der Waals surface area contributed by atoms with Crippen molar-refractivity contribution in [2.45, 2.75) is 103 Å². The topological polar surface area (TPSA) is 27.7 Å². The van der Waals surface area contributed by atoms with Crippen LogP contribution in [-0.4, -0.2) is 37.6 Å². The van der Waals surface area contributed by atoms with Crippen LogP contribution in [0.4, 0.5) is 0 Å². The molecule has 0 aliphatic rings. The zero-order valence-corrected chi connectivity index (χ0v) is 20.3. The van der Waals surface area contributed by atoms with E-state index < -0.39 is 0 Å². The summed E-state index contributed by atoms with van der Waals surface area (Å²) >= 11 is 11.4. The summed E-state index contributed by atoms with van der Waals surface area (Å²) in [5.74, 6) is 1.37. The average molecular weight is 452 g/mol. The maximum atomic E-state index is 5.95. The predicted octanol–water partition coefficient (Wildman–Crippen LogP) is 8.00. The fourth-order valence-corrected chi connectivity index (χ4v) is 3.22. The lowest BCUT2D eigenvalue weighted by atomic mass is 10.1. The molecule has 0 aliphatic carbocycles. The van der Waals surface area contributed by atoms with E-state index in [2.05, 4.69) is 38.2 Å². The van der Waals surface area contributed by atoms with E-state index in [0.29, 0.717) is 25.3 Å². The Labute approximate surface area is 190 Å². The van der Waals surface area contributed by atoms with Crippen LogP contribution < -0.4 is 0 Å². The standard InChI is InChI=1S/C24H44Cl2O3/c1-3-5-15-23(17-11-7-9-13-19-25)28-21-27-22-29-24(16-6-4-2)18-12-8-10-14-20-26/h7-10,23-24H,3-6,11-22H2,1-2H3/b9-7-,10-8-. The lowest BCUT2D eigenvalue weighted by Crippen LogP contribution is -2.19. The molecule has 0 aromatic heterocycles. The Morgan fingerprint density at radius 1 is 0.621 bits per heavy atom. The van der Waals surface area contributed by atoms with Crippen LogP contribution in [0.1, 0.15) is 90.9 Å². The van der Waals surface area contributed by atoms with Crippen molar-refractivity contribution >= 4 is 23.2 Å². The molecular weight excluding hydrogens is 407 g/mol. The molecule has 0 spiro atoms. The van der Waals surface area contributed by atoms with Crippen molar-refractivity contribution in [2.24, 2.45) is 0 Å². The van der Waals surface area contributed by atoms with Gasteiger partial charge in [-0.2, -0.15) is 0 Å². The van der Waals surface area contributed by atoms with Crippen molar-refractivity contribution in [2.75, 3.05) is 25.3 Å². The first-order valence-electron chi connectivity index (χ1n) is 11.5. The van der Waals surface area contributed by atoms with Gasteiger partial charge in [-0.3, -0.25) is 0 Å². The van der Waals surface area contributed by atoms with Crippen LogP contribution in [0.3, 0.4) is 0 Å². The molecule has 172 valence electrons. The maximum Gasteiger partial charge on any atom is 0.149 e. The third-order valence-corrected chi connectivity index (χ3v) is 5.17. The second kappa shape index (κ2) is 24.2. The highest BCUT2D eigenvalue weighted by Gasteiger charge is 2.10. The normalized spacial score (nSPS) is 14.2. The zero-order valence-electron chi connectivity index (χ0n) is 18.8. The quantitative estimate of drug-likeness (QED) is 0.0722. The van der Waals surface area contributed by atoms with Gasteiger partial charge < -0.3 is 14.2 Å². The second-order valence-corrected chi connectivity index (χ2v) is 8.11. The first-order valence-corrected chi connectivity index (χ1v) is 12.6. The van der Waals surface area contributed by atoms with Crippen LogP contribution >= 0.6 is 23.2 Å². The van der Waals surface area contributed by atoms with E-state index in [4.69, 9.17) is 37.4 Å². The van der Waals surface area contributed by atoms with E-state index in [1.165, 1.54) is 25.7 Å². The van der Waals surface area contributed by atoms with Gasteiger partial charge in [0.1, 0.15) is 13.6 Å². The van der Waals surface area contributed by atoms with Gasteiger partial charge in [0.2, 0.25) is 0 Å². The Balaban J connectivity index is 4.06. The van der Waals surface area contributed by atoms with Gasteiger partial charge in [-0.25, -0.2) is 0 Å². The minimum absolute atomic E-state index is 0.249. The van der Waals surface area contributed by atoms with Gasteiger partial charge in [0.15, 0.2) is 0 Å². The Morgan fingerprint density at radius 2 is 1.03 bits per heavy atom. The fourth-order valence-electron chi connectivity index (χ4n) is 2.97. The lowest BCUT2D eigenvalue weighted by Gasteiger charge is -2.19. The second-order valence-electron chi connectivity index (χ2n) is 7.35. The van der Waals surface area contributed by atoms with E-state index in [1.54, 1.807) is 0 Å². The van der Waals surface area contributed by atoms with Gasteiger partial charge in [-0.05, 0) is 51.4 Å². The number of unbranched alkanes of at least 4 members (excludes halogenated alkanes) is 2. The highest BCUT2D eigenvalue weighted by Crippen LogP contribution is 2.14. The first kappa shape index (κ1) is 28.9. The highest BCUT2D eigenvalue weighted by molar-refractivity contribution is 6.18. The van der Waals surface area contributed by atoms with Crippen molar-refractivity contribution in [3.05, 3.63) is 24.3 Å². The summed E-state index contributed by atoms with van der Waals surface area (Å²) in [5.41, 5.74) is 0. The molecule has 3 nitrogen and oxygen atoms in total. The maximum absolute atomic E-state index is 5.95. The summed E-state index contributed by atoms with van der Waals surface area (Å²) in [5, 5.41) is 0. The van der Waals surface area contributed by atoms with E-state index in [-0.39, 0.29) is 12.2 Å². The summed E-state index contributed by atoms with van der Waals surface area (Å²) in [6, 6.07) is 0. The minimum atomic E-state index is 0.249. The summed E-state index contributed by atoms with van der Waals surface area (Å²) in [4.78, 5) is 0. The summed E-state index contributed by atoms with van der Waals surface area (Å²) in [7, 11) is 0. The zero-order chi connectivity index (χ0) is 21.4. The summed E-state index contributed by atoms with van der Waals surface area (Å²) in [6.07, 6.45) is 22.1. The van der Waals surface area contributed by atoms with Crippen molar-refractivity contribution in [3.63, 3.8) is 0 Å². The molecule has 0 rings (SSSR count). The third-order valence-electron chi connectivity index (χ3n) is 4.73. The molecule has 5 heteroatoms. The van der Waals surface area contributed by atoms with Gasteiger partial charge in [-0.15, -0.1) is 23.2 Å². The highest BCUT2D eigenvalue weighted by atomic mass is 35.5. The number of allylic oxidation sites excluding steroid dienone is 4. The third kappa shape index (κ3) is 21.0. The number of ether oxygens (including phenoxy) is 3. The van der Waals surface area contributed by atoms with Gasteiger partial charge >= 0.3 is 0 Å². The number of alkyl halides is 2. The molecule has 0 aliphatic heterocycles. The molecule has 0 amide bonds. The molecule has 2 unspecified atom stereocenters. The average Bonchev–Trinajstić information content (AvgIpc) is 2.73. The lowest BCUT2D eigenvalue weighted by molar-refractivity contribution is -0.167. The van der Waals surface area contributed by atoms with Gasteiger partial charge in [0.25, 0.3) is 0 Å². The molecule has 0 saturated carbocycles. The number of hydrogen-bond donors (Lipinski definition) is 0. The Hall–Kier alpha value is -0.0600. The number of halogens is 2. The SMILES string of the molecule is CCCCC(CC/C=C\CCCl)OCOCOC(CC/C=C\CCCl)CCCC. The van der Waals surface area contributed by atoms with Crippen molar-refractivity contribution in [3.8, 4) is 0 Å².